The lowest BCUT2D eigenvalue weighted by Gasteiger charge is -2.07. The standard InChI is InChI=1S/C16H31NO/c1-4-5-6-7-8-9-10-11-12-13-16(18)17-14-15(2)3/h5-6,15H,4,7-14H2,1-3H3,(H,17,18)/b6-5+. The first-order chi connectivity index (χ1) is 8.66. The second-order valence-corrected chi connectivity index (χ2v) is 5.38. The van der Waals surface area contributed by atoms with Crippen molar-refractivity contribution in [1.82, 2.24) is 5.32 Å². The lowest BCUT2D eigenvalue weighted by Crippen LogP contribution is -2.26. The fraction of sp³-hybridized carbons (Fsp3) is 0.812. The van der Waals surface area contributed by atoms with Gasteiger partial charge in [-0.15, -0.1) is 0 Å². The Morgan fingerprint density at radius 3 is 2.39 bits per heavy atom. The molecule has 0 unspecified atom stereocenters. The van der Waals surface area contributed by atoms with Gasteiger partial charge in [-0.25, -0.2) is 0 Å². The van der Waals surface area contributed by atoms with E-state index in [2.05, 4.69) is 38.2 Å². The van der Waals surface area contributed by atoms with Gasteiger partial charge >= 0.3 is 0 Å². The number of hydrogen-bond acceptors (Lipinski definition) is 1. The third kappa shape index (κ3) is 13.3. The van der Waals surface area contributed by atoms with Crippen molar-refractivity contribution in [3.05, 3.63) is 12.2 Å². The first-order valence-electron chi connectivity index (χ1n) is 7.58. The highest BCUT2D eigenvalue weighted by Crippen LogP contribution is 2.07. The molecule has 0 aromatic carbocycles. The summed E-state index contributed by atoms with van der Waals surface area (Å²) in [7, 11) is 0. The van der Waals surface area contributed by atoms with Crippen molar-refractivity contribution in [1.29, 1.82) is 0 Å². The molecule has 2 nitrogen and oxygen atoms in total. The molecule has 1 amide bonds. The highest BCUT2D eigenvalue weighted by atomic mass is 16.1. The third-order valence-electron chi connectivity index (χ3n) is 2.88. The number of carbonyl (C=O) groups is 1. The third-order valence-corrected chi connectivity index (χ3v) is 2.88. The van der Waals surface area contributed by atoms with E-state index in [9.17, 15) is 4.79 Å². The molecule has 0 spiro atoms. The number of unbranched alkanes of at least 4 members (excludes halogenated alkanes) is 5. The van der Waals surface area contributed by atoms with Crippen molar-refractivity contribution in [3.8, 4) is 0 Å². The maximum absolute atomic E-state index is 11.4. The molecule has 106 valence electrons. The van der Waals surface area contributed by atoms with E-state index in [0.29, 0.717) is 12.3 Å². The number of rotatable bonds is 11. The number of allylic oxidation sites excluding steroid dienone is 2. The summed E-state index contributed by atoms with van der Waals surface area (Å²) in [6.07, 6.45) is 13.6. The van der Waals surface area contributed by atoms with Crippen LogP contribution in [-0.2, 0) is 4.79 Å². The van der Waals surface area contributed by atoms with E-state index in [1.807, 2.05) is 0 Å². The van der Waals surface area contributed by atoms with Crippen LogP contribution in [0.2, 0.25) is 0 Å². The number of carbonyl (C=O) groups excluding carboxylic acids is 1. The van der Waals surface area contributed by atoms with Crippen LogP contribution in [0.25, 0.3) is 0 Å². The zero-order chi connectivity index (χ0) is 13.6. The van der Waals surface area contributed by atoms with Crippen molar-refractivity contribution >= 4 is 5.91 Å². The van der Waals surface area contributed by atoms with Crippen LogP contribution < -0.4 is 5.32 Å². The Kier molecular flexibility index (Phi) is 12.1. The summed E-state index contributed by atoms with van der Waals surface area (Å²) in [5.41, 5.74) is 0. The number of amides is 1. The van der Waals surface area contributed by atoms with Crippen LogP contribution in [0.3, 0.4) is 0 Å². The molecule has 0 aliphatic carbocycles. The van der Waals surface area contributed by atoms with E-state index < -0.39 is 0 Å². The Labute approximate surface area is 113 Å². The predicted octanol–water partition coefficient (Wildman–Crippen LogP) is 4.46. The van der Waals surface area contributed by atoms with Gasteiger partial charge in [0.05, 0.1) is 0 Å². The molecule has 0 aromatic heterocycles. The Hall–Kier alpha value is -0.790. The van der Waals surface area contributed by atoms with Gasteiger partial charge in [0.2, 0.25) is 5.91 Å². The minimum atomic E-state index is 0.217. The molecule has 0 aliphatic rings. The molecule has 0 aliphatic heterocycles. The Morgan fingerprint density at radius 2 is 1.72 bits per heavy atom. The molecule has 0 aromatic rings. The maximum Gasteiger partial charge on any atom is 0.220 e. The van der Waals surface area contributed by atoms with Gasteiger partial charge in [-0.2, -0.15) is 0 Å². The van der Waals surface area contributed by atoms with E-state index in [0.717, 1.165) is 19.4 Å². The first kappa shape index (κ1) is 17.2. The molecule has 0 saturated carbocycles. The summed E-state index contributed by atoms with van der Waals surface area (Å²) in [6.45, 7) is 7.21. The summed E-state index contributed by atoms with van der Waals surface area (Å²) in [6, 6.07) is 0. The van der Waals surface area contributed by atoms with Gasteiger partial charge in [0.1, 0.15) is 0 Å². The quantitative estimate of drug-likeness (QED) is 0.427. The van der Waals surface area contributed by atoms with Crippen LogP contribution in [-0.4, -0.2) is 12.5 Å². The topological polar surface area (TPSA) is 29.1 Å². The van der Waals surface area contributed by atoms with E-state index in [4.69, 9.17) is 0 Å². The van der Waals surface area contributed by atoms with Gasteiger partial charge in [-0.1, -0.05) is 52.2 Å². The van der Waals surface area contributed by atoms with Gasteiger partial charge in [0.15, 0.2) is 0 Å². The van der Waals surface area contributed by atoms with Crippen LogP contribution >= 0.6 is 0 Å². The molecule has 0 atom stereocenters. The van der Waals surface area contributed by atoms with E-state index in [1.54, 1.807) is 0 Å². The maximum atomic E-state index is 11.4. The van der Waals surface area contributed by atoms with E-state index in [1.165, 1.54) is 32.1 Å². The zero-order valence-electron chi connectivity index (χ0n) is 12.5. The monoisotopic (exact) mass is 253 g/mol. The predicted molar refractivity (Wildman–Crippen MR) is 79.6 cm³/mol. The molecule has 0 bridgehead atoms. The average Bonchev–Trinajstić information content (AvgIpc) is 2.34. The van der Waals surface area contributed by atoms with Crippen LogP contribution in [0, 0.1) is 5.92 Å². The van der Waals surface area contributed by atoms with Crippen LogP contribution in [0.1, 0.15) is 72.1 Å². The molecular formula is C16H31NO. The van der Waals surface area contributed by atoms with Crippen LogP contribution in [0.15, 0.2) is 12.2 Å². The molecule has 0 radical (unpaired) electrons. The fourth-order valence-electron chi connectivity index (χ4n) is 1.77. The minimum absolute atomic E-state index is 0.217. The van der Waals surface area contributed by atoms with Gasteiger partial charge in [-0.05, 0) is 31.6 Å². The van der Waals surface area contributed by atoms with Crippen molar-refractivity contribution in [2.75, 3.05) is 6.54 Å². The molecule has 18 heavy (non-hydrogen) atoms. The molecule has 0 saturated heterocycles. The highest BCUT2D eigenvalue weighted by molar-refractivity contribution is 5.75. The SMILES string of the molecule is CC/C=C/CCCCCCCC(=O)NCC(C)C. The first-order valence-corrected chi connectivity index (χ1v) is 7.58. The molecule has 0 heterocycles. The highest BCUT2D eigenvalue weighted by Gasteiger charge is 2.01. The molecule has 0 fully saturated rings. The van der Waals surface area contributed by atoms with Crippen LogP contribution in [0.4, 0.5) is 0 Å². The Morgan fingerprint density at radius 1 is 1.06 bits per heavy atom. The molecule has 0 rings (SSSR count). The Balaban J connectivity index is 3.20. The van der Waals surface area contributed by atoms with Crippen LogP contribution in [0.5, 0.6) is 0 Å². The van der Waals surface area contributed by atoms with Gasteiger partial charge in [-0.3, -0.25) is 4.79 Å². The summed E-state index contributed by atoms with van der Waals surface area (Å²) in [5, 5.41) is 2.96. The molecule has 1 N–H and O–H groups in total. The van der Waals surface area contributed by atoms with Crippen molar-refractivity contribution in [2.24, 2.45) is 5.92 Å². The molecule has 2 heteroatoms. The van der Waals surface area contributed by atoms with E-state index in [-0.39, 0.29) is 5.91 Å². The second kappa shape index (κ2) is 12.7. The van der Waals surface area contributed by atoms with Gasteiger partial charge < -0.3 is 5.32 Å². The number of hydrogen-bond donors (Lipinski definition) is 1. The van der Waals surface area contributed by atoms with E-state index >= 15 is 0 Å². The fourth-order valence-corrected chi connectivity index (χ4v) is 1.77. The lowest BCUT2D eigenvalue weighted by molar-refractivity contribution is -0.121. The molecular weight excluding hydrogens is 222 g/mol. The zero-order valence-corrected chi connectivity index (χ0v) is 12.5. The van der Waals surface area contributed by atoms with Gasteiger partial charge in [0.25, 0.3) is 0 Å². The van der Waals surface area contributed by atoms with Crippen molar-refractivity contribution in [2.45, 2.75) is 72.1 Å². The summed E-state index contributed by atoms with van der Waals surface area (Å²) in [4.78, 5) is 11.4. The number of nitrogens with one attached hydrogen (secondary N) is 1. The average molecular weight is 253 g/mol. The van der Waals surface area contributed by atoms with Crippen molar-refractivity contribution < 1.29 is 4.79 Å². The summed E-state index contributed by atoms with van der Waals surface area (Å²) in [5.74, 6) is 0.764. The summed E-state index contributed by atoms with van der Waals surface area (Å²) >= 11 is 0. The minimum Gasteiger partial charge on any atom is -0.356 e. The van der Waals surface area contributed by atoms with Gasteiger partial charge in [0, 0.05) is 13.0 Å². The van der Waals surface area contributed by atoms with Crippen molar-refractivity contribution in [3.63, 3.8) is 0 Å². The second-order valence-electron chi connectivity index (χ2n) is 5.38. The smallest absolute Gasteiger partial charge is 0.220 e. The largest absolute Gasteiger partial charge is 0.356 e. The lowest BCUT2D eigenvalue weighted by atomic mass is 10.1. The normalized spacial score (nSPS) is 11.3. The summed E-state index contributed by atoms with van der Waals surface area (Å²) < 4.78 is 0. The Bertz CT molecular complexity index is 221.